The van der Waals surface area contributed by atoms with Crippen LogP contribution < -0.4 is 11.1 Å². The van der Waals surface area contributed by atoms with Crippen LogP contribution in [0.2, 0.25) is 0 Å². The van der Waals surface area contributed by atoms with Crippen LogP contribution in [0.15, 0.2) is 11.4 Å². The van der Waals surface area contributed by atoms with Crippen LogP contribution in [0.1, 0.15) is 24.1 Å². The van der Waals surface area contributed by atoms with E-state index in [0.717, 1.165) is 49.6 Å². The summed E-state index contributed by atoms with van der Waals surface area (Å²) in [6.45, 7) is 3.37. The van der Waals surface area contributed by atoms with Crippen molar-refractivity contribution in [1.82, 2.24) is 10.2 Å². The number of nitrogens with two attached hydrogens (primary N) is 1. The molecule has 2 rings (SSSR count). The van der Waals surface area contributed by atoms with E-state index >= 15 is 0 Å². The molecule has 1 aromatic rings. The van der Waals surface area contributed by atoms with E-state index in [0.29, 0.717) is 6.42 Å². The quantitative estimate of drug-likeness (QED) is 0.781. The van der Waals surface area contributed by atoms with E-state index in [-0.39, 0.29) is 5.91 Å². The predicted octanol–water partition coefficient (Wildman–Crippen LogP) is 1.43. The Morgan fingerprint density at radius 3 is 2.88 bits per heavy atom. The maximum Gasteiger partial charge on any atom is 0.223 e. The SMILES string of the molecule is Nc1ccsc1CNCCC(=O)N1CCCC1. The number of nitrogens with zero attached hydrogens (tertiary/aromatic N) is 1. The van der Waals surface area contributed by atoms with Crippen molar-refractivity contribution in [3.8, 4) is 0 Å². The molecule has 0 saturated carbocycles. The summed E-state index contributed by atoms with van der Waals surface area (Å²) in [5.74, 6) is 0.272. The summed E-state index contributed by atoms with van der Waals surface area (Å²) in [7, 11) is 0. The van der Waals surface area contributed by atoms with Crippen LogP contribution in [0.3, 0.4) is 0 Å². The van der Waals surface area contributed by atoms with Gasteiger partial charge in [-0.25, -0.2) is 0 Å². The summed E-state index contributed by atoms with van der Waals surface area (Å²) in [5.41, 5.74) is 6.62. The van der Waals surface area contributed by atoms with Gasteiger partial charge in [-0.2, -0.15) is 0 Å². The predicted molar refractivity (Wildman–Crippen MR) is 70.9 cm³/mol. The van der Waals surface area contributed by atoms with E-state index < -0.39 is 0 Å². The van der Waals surface area contributed by atoms with E-state index in [1.807, 2.05) is 16.3 Å². The number of hydrogen-bond donors (Lipinski definition) is 2. The smallest absolute Gasteiger partial charge is 0.223 e. The van der Waals surface area contributed by atoms with E-state index in [1.165, 1.54) is 0 Å². The fourth-order valence-electron chi connectivity index (χ4n) is 2.02. The zero-order chi connectivity index (χ0) is 12.1. The highest BCUT2D eigenvalue weighted by molar-refractivity contribution is 7.10. The first-order valence-electron chi connectivity index (χ1n) is 6.07. The molecule has 5 heteroatoms. The molecule has 1 amide bonds. The first kappa shape index (κ1) is 12.4. The number of nitrogens with one attached hydrogen (secondary N) is 1. The van der Waals surface area contributed by atoms with Crippen LogP contribution in [0.25, 0.3) is 0 Å². The Morgan fingerprint density at radius 2 is 2.24 bits per heavy atom. The van der Waals surface area contributed by atoms with Crippen molar-refractivity contribution in [3.05, 3.63) is 16.3 Å². The minimum Gasteiger partial charge on any atom is -0.398 e. The Bertz CT molecular complexity index is 372. The van der Waals surface area contributed by atoms with E-state index in [2.05, 4.69) is 5.32 Å². The molecule has 94 valence electrons. The Hall–Kier alpha value is -1.07. The lowest BCUT2D eigenvalue weighted by Crippen LogP contribution is -2.30. The van der Waals surface area contributed by atoms with Crippen LogP contribution in [0.5, 0.6) is 0 Å². The normalized spacial score (nSPS) is 15.4. The Labute approximate surface area is 106 Å². The third-order valence-electron chi connectivity index (χ3n) is 3.04. The molecule has 1 fully saturated rings. The zero-order valence-corrected chi connectivity index (χ0v) is 10.8. The standard InChI is InChI=1S/C12H19N3OS/c13-10-4-8-17-11(10)9-14-5-3-12(16)15-6-1-2-7-15/h4,8,14H,1-3,5-7,9,13H2. The number of anilines is 1. The van der Waals surface area contributed by atoms with Crippen LogP contribution in [0.4, 0.5) is 5.69 Å². The van der Waals surface area contributed by atoms with Crippen molar-refractivity contribution in [3.63, 3.8) is 0 Å². The van der Waals surface area contributed by atoms with Gasteiger partial charge in [-0.3, -0.25) is 4.79 Å². The highest BCUT2D eigenvalue weighted by Gasteiger charge is 2.16. The van der Waals surface area contributed by atoms with Gasteiger partial charge in [0, 0.05) is 43.2 Å². The van der Waals surface area contributed by atoms with Crippen LogP contribution in [-0.2, 0) is 11.3 Å². The van der Waals surface area contributed by atoms with Gasteiger partial charge in [0.25, 0.3) is 0 Å². The summed E-state index contributed by atoms with van der Waals surface area (Å²) in [6.07, 6.45) is 2.90. The molecular formula is C12H19N3OS. The van der Waals surface area contributed by atoms with Crippen molar-refractivity contribution in [1.29, 1.82) is 0 Å². The van der Waals surface area contributed by atoms with E-state index in [9.17, 15) is 4.79 Å². The number of carbonyl (C=O) groups excluding carboxylic acids is 1. The number of nitrogen functional groups attached to an aromatic ring is 1. The van der Waals surface area contributed by atoms with Crippen molar-refractivity contribution in [2.75, 3.05) is 25.4 Å². The van der Waals surface area contributed by atoms with Gasteiger partial charge in [0.2, 0.25) is 5.91 Å². The van der Waals surface area contributed by atoms with Crippen molar-refractivity contribution in [2.45, 2.75) is 25.8 Å². The number of amides is 1. The lowest BCUT2D eigenvalue weighted by molar-refractivity contribution is -0.130. The fourth-order valence-corrected chi connectivity index (χ4v) is 2.78. The van der Waals surface area contributed by atoms with Gasteiger partial charge in [0.15, 0.2) is 0 Å². The minimum absolute atomic E-state index is 0.272. The summed E-state index contributed by atoms with van der Waals surface area (Å²) < 4.78 is 0. The molecule has 1 aliphatic rings. The monoisotopic (exact) mass is 253 g/mol. The first-order valence-corrected chi connectivity index (χ1v) is 6.95. The highest BCUT2D eigenvalue weighted by Crippen LogP contribution is 2.18. The highest BCUT2D eigenvalue weighted by atomic mass is 32.1. The summed E-state index contributed by atoms with van der Waals surface area (Å²) in [6, 6.07) is 1.91. The van der Waals surface area contributed by atoms with Gasteiger partial charge in [0.05, 0.1) is 0 Å². The molecule has 0 aromatic carbocycles. The molecule has 0 atom stereocenters. The van der Waals surface area contributed by atoms with Crippen molar-refractivity contribution in [2.24, 2.45) is 0 Å². The van der Waals surface area contributed by atoms with Gasteiger partial charge in [-0.05, 0) is 24.3 Å². The van der Waals surface area contributed by atoms with Gasteiger partial charge in [-0.15, -0.1) is 11.3 Å². The van der Waals surface area contributed by atoms with Crippen LogP contribution in [0, 0.1) is 0 Å². The molecule has 17 heavy (non-hydrogen) atoms. The average Bonchev–Trinajstić information content (AvgIpc) is 2.96. The summed E-state index contributed by atoms with van der Waals surface area (Å²) in [5, 5.41) is 5.25. The number of likely N-dealkylation sites (tertiary alicyclic amines) is 1. The second kappa shape index (κ2) is 6.02. The Kier molecular flexibility index (Phi) is 4.39. The fraction of sp³-hybridized carbons (Fsp3) is 0.583. The minimum atomic E-state index is 0.272. The molecule has 1 aromatic heterocycles. The third-order valence-corrected chi connectivity index (χ3v) is 3.98. The number of carbonyl (C=O) groups is 1. The van der Waals surface area contributed by atoms with E-state index in [1.54, 1.807) is 11.3 Å². The second-order valence-electron chi connectivity index (χ2n) is 4.31. The van der Waals surface area contributed by atoms with Crippen molar-refractivity contribution >= 4 is 22.9 Å². The van der Waals surface area contributed by atoms with Crippen molar-refractivity contribution < 1.29 is 4.79 Å². The number of hydrogen-bond acceptors (Lipinski definition) is 4. The van der Waals surface area contributed by atoms with Gasteiger partial charge >= 0.3 is 0 Å². The van der Waals surface area contributed by atoms with Gasteiger partial charge < -0.3 is 16.0 Å². The molecule has 0 aliphatic carbocycles. The lowest BCUT2D eigenvalue weighted by atomic mass is 10.3. The molecule has 0 spiro atoms. The van der Waals surface area contributed by atoms with Crippen LogP contribution >= 0.6 is 11.3 Å². The Morgan fingerprint density at radius 1 is 1.47 bits per heavy atom. The van der Waals surface area contributed by atoms with Gasteiger partial charge in [0.1, 0.15) is 0 Å². The third kappa shape index (κ3) is 3.44. The molecule has 3 N–H and O–H groups in total. The molecule has 1 aliphatic heterocycles. The summed E-state index contributed by atoms with van der Waals surface area (Å²) in [4.78, 5) is 14.8. The molecule has 0 bridgehead atoms. The first-order chi connectivity index (χ1) is 8.27. The summed E-state index contributed by atoms with van der Waals surface area (Å²) >= 11 is 1.65. The molecular weight excluding hydrogens is 234 g/mol. The number of thiophene rings is 1. The number of rotatable bonds is 5. The van der Waals surface area contributed by atoms with Gasteiger partial charge in [-0.1, -0.05) is 0 Å². The molecule has 0 radical (unpaired) electrons. The maximum absolute atomic E-state index is 11.7. The van der Waals surface area contributed by atoms with E-state index in [4.69, 9.17) is 5.73 Å². The zero-order valence-electron chi connectivity index (χ0n) is 9.95. The maximum atomic E-state index is 11.7. The molecule has 4 nitrogen and oxygen atoms in total. The van der Waals surface area contributed by atoms with Crippen LogP contribution in [-0.4, -0.2) is 30.4 Å². The molecule has 1 saturated heterocycles. The average molecular weight is 253 g/mol. The molecule has 0 unspecified atom stereocenters. The second-order valence-corrected chi connectivity index (χ2v) is 5.31. The molecule has 2 heterocycles. The topological polar surface area (TPSA) is 58.4 Å². The Balaban J connectivity index is 1.63. The lowest BCUT2D eigenvalue weighted by Gasteiger charge is -2.15. The largest absolute Gasteiger partial charge is 0.398 e.